The van der Waals surface area contributed by atoms with Crippen molar-refractivity contribution in [3.05, 3.63) is 65.7 Å². The molecule has 2 aromatic rings. The van der Waals surface area contributed by atoms with Crippen molar-refractivity contribution in [2.75, 3.05) is 44.4 Å². The number of nitrogens with zero attached hydrogens (tertiary/aromatic N) is 2. The largest absolute Gasteiger partial charge is 0.500 e. The van der Waals surface area contributed by atoms with E-state index in [-0.39, 0.29) is 5.56 Å². The zero-order chi connectivity index (χ0) is 25.9. The van der Waals surface area contributed by atoms with Gasteiger partial charge in [-0.15, -0.1) is 0 Å². The third-order valence-electron chi connectivity index (χ3n) is 5.15. The Hall–Kier alpha value is -2.52. The number of carboxylic acid groups (broad SMARTS) is 1. The van der Waals surface area contributed by atoms with Gasteiger partial charge in [0.1, 0.15) is 0 Å². The molecule has 0 spiro atoms. The van der Waals surface area contributed by atoms with Crippen LogP contribution < -0.4 is 4.90 Å². The van der Waals surface area contributed by atoms with Crippen molar-refractivity contribution >= 4 is 26.7 Å². The van der Waals surface area contributed by atoms with E-state index in [1.807, 2.05) is 26.8 Å². The van der Waals surface area contributed by atoms with Gasteiger partial charge in [0.05, 0.1) is 5.56 Å². The fourth-order valence-electron chi connectivity index (χ4n) is 3.50. The highest BCUT2D eigenvalue weighted by Gasteiger charge is 2.39. The number of carbonyl (C=O) groups is 1. The molecule has 0 aliphatic heterocycles. The highest BCUT2D eigenvalue weighted by molar-refractivity contribution is 6.60. The van der Waals surface area contributed by atoms with Crippen molar-refractivity contribution in [3.8, 4) is 0 Å². The molecule has 2 rings (SSSR count). The first-order valence-corrected chi connectivity index (χ1v) is 14.4. The summed E-state index contributed by atoms with van der Waals surface area (Å²) in [6.07, 6.45) is 2.56. The lowest BCUT2D eigenvalue weighted by Crippen LogP contribution is -2.46. The maximum Gasteiger partial charge on any atom is 0.500 e. The average molecular weight is 503 g/mol. The van der Waals surface area contributed by atoms with Crippen LogP contribution in [0.4, 0.5) is 5.69 Å². The summed E-state index contributed by atoms with van der Waals surface area (Å²) in [4.78, 5) is 17.5. The second-order valence-corrected chi connectivity index (χ2v) is 10.3. The van der Waals surface area contributed by atoms with Crippen LogP contribution in [0.5, 0.6) is 0 Å². The summed E-state index contributed by atoms with van der Waals surface area (Å²) in [5.41, 5.74) is 2.47. The molecule has 0 unspecified atom stereocenters. The van der Waals surface area contributed by atoms with Crippen LogP contribution in [0, 0.1) is 0 Å². The Morgan fingerprint density at radius 3 is 1.89 bits per heavy atom. The summed E-state index contributed by atoms with van der Waals surface area (Å²) in [6.45, 7) is 14.7. The fraction of sp³-hybridized carbons (Fsp3) is 0.481. The van der Waals surface area contributed by atoms with E-state index in [1.54, 1.807) is 30.5 Å². The molecule has 0 heterocycles. The smallest absolute Gasteiger partial charge is 0.478 e. The maximum atomic E-state index is 10.8. The lowest BCUT2D eigenvalue weighted by molar-refractivity contribution is 0.0692. The van der Waals surface area contributed by atoms with E-state index in [9.17, 15) is 4.79 Å². The van der Waals surface area contributed by atoms with Crippen LogP contribution in [-0.4, -0.2) is 65.5 Å². The zero-order valence-corrected chi connectivity index (χ0v) is 22.9. The van der Waals surface area contributed by atoms with Crippen molar-refractivity contribution in [3.63, 3.8) is 0 Å². The highest BCUT2D eigenvalue weighted by atomic mass is 28.4. The van der Waals surface area contributed by atoms with E-state index in [4.69, 9.17) is 18.4 Å². The van der Waals surface area contributed by atoms with E-state index >= 15 is 0 Å². The number of para-hydroxylation sites is 1. The molecule has 0 amide bonds. The molecule has 194 valence electrons. The van der Waals surface area contributed by atoms with Crippen LogP contribution in [0.3, 0.4) is 0 Å². The normalized spacial score (nSPS) is 11.2. The van der Waals surface area contributed by atoms with E-state index in [0.29, 0.717) is 26.4 Å². The zero-order valence-electron chi connectivity index (χ0n) is 21.9. The Balaban J connectivity index is 0.000000462. The van der Waals surface area contributed by atoms with E-state index < -0.39 is 14.8 Å². The van der Waals surface area contributed by atoms with Crippen LogP contribution >= 0.6 is 0 Å². The molecule has 0 bridgehead atoms. The predicted octanol–water partition coefficient (Wildman–Crippen LogP) is 5.78. The molecule has 0 saturated heterocycles. The second-order valence-electron chi connectivity index (χ2n) is 7.56. The Bertz CT molecular complexity index is 825. The summed E-state index contributed by atoms with van der Waals surface area (Å²) in [5.74, 6) is -0.928. The number of hydrogen-bond acceptors (Lipinski definition) is 6. The molecular formula is C27H42N2O5Si. The Kier molecular flexibility index (Phi) is 15.6. The van der Waals surface area contributed by atoms with Crippen LogP contribution in [0.15, 0.2) is 59.6 Å². The molecule has 0 radical (unpaired) electrons. The fourth-order valence-corrected chi connectivity index (χ4v) is 6.09. The molecule has 0 fully saturated rings. The third kappa shape index (κ3) is 11.6. The molecule has 1 N–H and O–H groups in total. The summed E-state index contributed by atoms with van der Waals surface area (Å²) < 4.78 is 17.4. The van der Waals surface area contributed by atoms with Crippen LogP contribution in [0.1, 0.15) is 57.0 Å². The van der Waals surface area contributed by atoms with Gasteiger partial charge >= 0.3 is 14.8 Å². The maximum absolute atomic E-state index is 10.8. The molecule has 35 heavy (non-hydrogen) atoms. The van der Waals surface area contributed by atoms with Crippen LogP contribution in [0.2, 0.25) is 6.04 Å². The van der Waals surface area contributed by atoms with Gasteiger partial charge in [-0.05, 0) is 70.9 Å². The standard InChI is InChI=1S/C17H27NO5Si.C10H15N/c1-4-21-24(22-5-2,23-6-3)13-7-12-18-14-15-8-10-16(11-9-15)17(19)20;1-3-11(4-2)10-8-6-5-7-9-10/h8-11,14H,4-7,12-13H2,1-3H3,(H,19,20);5-9H,3-4H2,1-2H3. The van der Waals surface area contributed by atoms with Gasteiger partial charge in [0.2, 0.25) is 0 Å². The summed E-state index contributed by atoms with van der Waals surface area (Å²) in [5, 5.41) is 8.86. The van der Waals surface area contributed by atoms with Gasteiger partial charge < -0.3 is 23.3 Å². The van der Waals surface area contributed by atoms with Gasteiger partial charge in [0.15, 0.2) is 0 Å². The van der Waals surface area contributed by atoms with Gasteiger partial charge in [0, 0.05) is 57.4 Å². The monoisotopic (exact) mass is 502 g/mol. The minimum atomic E-state index is -2.58. The molecule has 0 aliphatic rings. The quantitative estimate of drug-likeness (QED) is 0.189. The summed E-state index contributed by atoms with van der Waals surface area (Å²) in [6, 6.07) is 17.9. The van der Waals surface area contributed by atoms with Gasteiger partial charge in [-0.1, -0.05) is 30.3 Å². The Morgan fingerprint density at radius 2 is 1.43 bits per heavy atom. The van der Waals surface area contributed by atoms with Crippen molar-refractivity contribution < 1.29 is 23.2 Å². The lowest BCUT2D eigenvalue weighted by atomic mass is 10.1. The molecule has 7 nitrogen and oxygen atoms in total. The van der Waals surface area contributed by atoms with Gasteiger partial charge in [-0.2, -0.15) is 0 Å². The molecule has 0 atom stereocenters. The van der Waals surface area contributed by atoms with Crippen molar-refractivity contribution in [2.45, 2.75) is 47.1 Å². The Labute approximate surface area is 212 Å². The number of rotatable bonds is 15. The lowest BCUT2D eigenvalue weighted by Gasteiger charge is -2.28. The number of aliphatic imine (C=N–C) groups is 1. The van der Waals surface area contributed by atoms with Crippen molar-refractivity contribution in [1.82, 2.24) is 0 Å². The number of anilines is 1. The number of aromatic carboxylic acids is 1. The third-order valence-corrected chi connectivity index (χ3v) is 8.30. The van der Waals surface area contributed by atoms with Gasteiger partial charge in [0.25, 0.3) is 0 Å². The van der Waals surface area contributed by atoms with E-state index in [1.165, 1.54) is 5.69 Å². The average Bonchev–Trinajstić information content (AvgIpc) is 2.86. The SMILES string of the molecule is CCN(CC)c1ccccc1.CCO[Si](CCCN=Cc1ccc(C(=O)O)cc1)(OCC)OCC. The van der Waals surface area contributed by atoms with Gasteiger partial charge in [-0.3, -0.25) is 4.99 Å². The first-order chi connectivity index (χ1) is 16.9. The van der Waals surface area contributed by atoms with Crippen molar-refractivity contribution in [2.24, 2.45) is 4.99 Å². The van der Waals surface area contributed by atoms with E-state index in [2.05, 4.69) is 48.0 Å². The predicted molar refractivity (Wildman–Crippen MR) is 146 cm³/mol. The first kappa shape index (κ1) is 30.5. The molecule has 2 aromatic carbocycles. The molecule has 8 heteroatoms. The first-order valence-electron chi connectivity index (χ1n) is 12.5. The highest BCUT2D eigenvalue weighted by Crippen LogP contribution is 2.18. The molecule has 0 aliphatic carbocycles. The molecular weight excluding hydrogens is 460 g/mol. The number of hydrogen-bond donors (Lipinski definition) is 1. The second kappa shape index (κ2) is 17.8. The van der Waals surface area contributed by atoms with Crippen molar-refractivity contribution in [1.29, 1.82) is 0 Å². The molecule has 0 aromatic heterocycles. The van der Waals surface area contributed by atoms with Crippen LogP contribution in [0.25, 0.3) is 0 Å². The number of benzene rings is 2. The summed E-state index contributed by atoms with van der Waals surface area (Å²) in [7, 11) is -2.58. The van der Waals surface area contributed by atoms with Crippen LogP contribution in [-0.2, 0) is 13.3 Å². The minimum Gasteiger partial charge on any atom is -0.478 e. The topological polar surface area (TPSA) is 80.6 Å². The minimum absolute atomic E-state index is 0.271. The molecule has 0 saturated carbocycles. The number of carboxylic acids is 1. The van der Waals surface area contributed by atoms with E-state index in [0.717, 1.165) is 31.1 Å². The Morgan fingerprint density at radius 1 is 0.886 bits per heavy atom. The summed E-state index contributed by atoms with van der Waals surface area (Å²) >= 11 is 0. The van der Waals surface area contributed by atoms with Gasteiger partial charge in [-0.25, -0.2) is 4.79 Å².